The van der Waals surface area contributed by atoms with Crippen molar-refractivity contribution < 1.29 is 14.7 Å². The van der Waals surface area contributed by atoms with E-state index in [-0.39, 0.29) is 6.03 Å². The molecule has 0 spiro atoms. The van der Waals surface area contributed by atoms with E-state index in [0.29, 0.717) is 25.3 Å². The number of carbonyl (C=O) groups excluding carboxylic acids is 1. The van der Waals surface area contributed by atoms with Crippen molar-refractivity contribution in [3.63, 3.8) is 0 Å². The molecule has 1 aliphatic carbocycles. The van der Waals surface area contributed by atoms with Crippen LogP contribution in [0.4, 0.5) is 4.79 Å². The molecule has 6 nitrogen and oxygen atoms in total. The van der Waals surface area contributed by atoms with Gasteiger partial charge in [0.05, 0.1) is 0 Å². The molecule has 0 bridgehead atoms. The van der Waals surface area contributed by atoms with Gasteiger partial charge in [-0.05, 0) is 45.2 Å². The zero-order chi connectivity index (χ0) is 15.3. The first-order chi connectivity index (χ1) is 10.1. The Bertz CT molecular complexity index is 378. The van der Waals surface area contributed by atoms with Crippen molar-refractivity contribution in [1.82, 2.24) is 15.5 Å². The molecule has 2 rings (SSSR count). The third kappa shape index (κ3) is 3.87. The van der Waals surface area contributed by atoms with Gasteiger partial charge in [-0.15, -0.1) is 0 Å². The van der Waals surface area contributed by atoms with E-state index < -0.39 is 11.5 Å². The van der Waals surface area contributed by atoms with E-state index >= 15 is 0 Å². The molecular formula is C15H27N3O3. The van der Waals surface area contributed by atoms with Crippen LogP contribution in [0.3, 0.4) is 0 Å². The van der Waals surface area contributed by atoms with Crippen LogP contribution in [0.2, 0.25) is 0 Å². The highest BCUT2D eigenvalue weighted by Gasteiger charge is 2.42. The Labute approximate surface area is 126 Å². The van der Waals surface area contributed by atoms with Crippen LogP contribution in [0, 0.1) is 5.92 Å². The fraction of sp³-hybridized carbons (Fsp3) is 0.867. The number of nitrogens with one attached hydrogen (secondary N) is 2. The lowest BCUT2D eigenvalue weighted by Crippen LogP contribution is -2.60. The number of carboxylic acid groups (broad SMARTS) is 1. The first-order valence-corrected chi connectivity index (χ1v) is 8.02. The van der Waals surface area contributed by atoms with Crippen LogP contribution in [0.5, 0.6) is 0 Å². The van der Waals surface area contributed by atoms with Crippen molar-refractivity contribution in [2.45, 2.75) is 50.5 Å². The van der Waals surface area contributed by atoms with Crippen LogP contribution < -0.4 is 10.6 Å². The molecule has 2 amide bonds. The maximum absolute atomic E-state index is 12.5. The summed E-state index contributed by atoms with van der Waals surface area (Å²) in [5.74, 6) is -0.430. The van der Waals surface area contributed by atoms with E-state index in [1.165, 1.54) is 0 Å². The predicted molar refractivity (Wildman–Crippen MR) is 80.2 cm³/mol. The molecule has 1 saturated carbocycles. The Kier molecular flexibility index (Phi) is 5.45. The molecule has 1 unspecified atom stereocenters. The number of amides is 2. The van der Waals surface area contributed by atoms with Gasteiger partial charge in [0, 0.05) is 13.1 Å². The first-order valence-electron chi connectivity index (χ1n) is 8.02. The van der Waals surface area contributed by atoms with Crippen LogP contribution in [0.15, 0.2) is 0 Å². The average molecular weight is 297 g/mol. The third-order valence-corrected chi connectivity index (χ3v) is 4.76. The molecule has 1 heterocycles. The summed E-state index contributed by atoms with van der Waals surface area (Å²) in [7, 11) is 1.92. The van der Waals surface area contributed by atoms with E-state index in [0.717, 1.165) is 45.2 Å². The normalized spacial score (nSPS) is 25.4. The molecule has 6 heteroatoms. The number of rotatable bonds is 4. The summed E-state index contributed by atoms with van der Waals surface area (Å²) in [6.45, 7) is 2.33. The molecule has 1 saturated heterocycles. The number of hydrogen-bond acceptors (Lipinski definition) is 3. The van der Waals surface area contributed by atoms with Crippen molar-refractivity contribution in [3.8, 4) is 0 Å². The molecule has 2 aliphatic rings. The van der Waals surface area contributed by atoms with Gasteiger partial charge < -0.3 is 20.6 Å². The highest BCUT2D eigenvalue weighted by atomic mass is 16.4. The Balaban J connectivity index is 1.97. The molecule has 21 heavy (non-hydrogen) atoms. The van der Waals surface area contributed by atoms with Gasteiger partial charge in [0.2, 0.25) is 0 Å². The molecular weight excluding hydrogens is 270 g/mol. The van der Waals surface area contributed by atoms with Gasteiger partial charge in [0.25, 0.3) is 0 Å². The van der Waals surface area contributed by atoms with Gasteiger partial charge in [-0.2, -0.15) is 0 Å². The second-order valence-corrected chi connectivity index (χ2v) is 6.39. The lowest BCUT2D eigenvalue weighted by molar-refractivity contribution is -0.146. The molecule has 0 aromatic rings. The van der Waals surface area contributed by atoms with Crippen molar-refractivity contribution in [3.05, 3.63) is 0 Å². The second kappa shape index (κ2) is 7.11. The van der Waals surface area contributed by atoms with Crippen molar-refractivity contribution in [1.29, 1.82) is 0 Å². The number of likely N-dealkylation sites (tertiary alicyclic amines) is 1. The topological polar surface area (TPSA) is 81.7 Å². The Morgan fingerprint density at radius 1 is 1.24 bits per heavy atom. The number of nitrogens with zero attached hydrogens (tertiary/aromatic N) is 1. The molecule has 2 fully saturated rings. The van der Waals surface area contributed by atoms with E-state index in [4.69, 9.17) is 0 Å². The summed E-state index contributed by atoms with van der Waals surface area (Å²) in [6, 6.07) is -0.208. The molecule has 1 atom stereocenters. The van der Waals surface area contributed by atoms with Crippen LogP contribution in [0.25, 0.3) is 0 Å². The number of piperidine rings is 1. The number of hydrogen-bond donors (Lipinski definition) is 3. The van der Waals surface area contributed by atoms with Gasteiger partial charge in [0.15, 0.2) is 0 Å². The van der Waals surface area contributed by atoms with Gasteiger partial charge in [-0.1, -0.05) is 19.3 Å². The summed E-state index contributed by atoms with van der Waals surface area (Å²) in [4.78, 5) is 25.9. The average Bonchev–Trinajstić information content (AvgIpc) is 2.48. The smallest absolute Gasteiger partial charge is 0.329 e. The molecule has 0 radical (unpaired) electrons. The molecule has 1 aliphatic heterocycles. The summed E-state index contributed by atoms with van der Waals surface area (Å²) in [5, 5.41) is 15.5. The molecule has 3 N–H and O–H groups in total. The lowest BCUT2D eigenvalue weighted by Gasteiger charge is -2.38. The van der Waals surface area contributed by atoms with Crippen LogP contribution in [-0.4, -0.2) is 54.2 Å². The van der Waals surface area contributed by atoms with E-state index in [2.05, 4.69) is 10.6 Å². The van der Waals surface area contributed by atoms with Crippen molar-refractivity contribution >= 4 is 12.0 Å². The van der Waals surface area contributed by atoms with E-state index in [1.54, 1.807) is 4.90 Å². The fourth-order valence-corrected chi connectivity index (χ4v) is 3.54. The van der Waals surface area contributed by atoms with Crippen LogP contribution in [0.1, 0.15) is 44.9 Å². The molecule has 0 aromatic heterocycles. The minimum Gasteiger partial charge on any atom is -0.480 e. The molecule has 120 valence electrons. The monoisotopic (exact) mass is 297 g/mol. The number of carboxylic acids is 1. The fourth-order valence-electron chi connectivity index (χ4n) is 3.54. The number of urea groups is 1. The second-order valence-electron chi connectivity index (χ2n) is 6.39. The van der Waals surface area contributed by atoms with Gasteiger partial charge in [-0.25, -0.2) is 9.59 Å². The largest absolute Gasteiger partial charge is 0.480 e. The van der Waals surface area contributed by atoms with Crippen molar-refractivity contribution in [2.24, 2.45) is 5.92 Å². The van der Waals surface area contributed by atoms with Crippen molar-refractivity contribution in [2.75, 3.05) is 26.7 Å². The van der Waals surface area contributed by atoms with E-state index in [9.17, 15) is 14.7 Å². The zero-order valence-corrected chi connectivity index (χ0v) is 12.9. The maximum atomic E-state index is 12.5. The summed E-state index contributed by atoms with van der Waals surface area (Å²) >= 11 is 0. The Hall–Kier alpha value is -1.30. The summed E-state index contributed by atoms with van der Waals surface area (Å²) in [6.07, 6.45) is 5.99. The van der Waals surface area contributed by atoms with Gasteiger partial charge >= 0.3 is 12.0 Å². The van der Waals surface area contributed by atoms with Gasteiger partial charge in [0.1, 0.15) is 5.54 Å². The summed E-state index contributed by atoms with van der Waals surface area (Å²) < 4.78 is 0. The Morgan fingerprint density at radius 3 is 2.57 bits per heavy atom. The highest BCUT2D eigenvalue weighted by molar-refractivity contribution is 5.86. The van der Waals surface area contributed by atoms with Crippen LogP contribution in [-0.2, 0) is 4.79 Å². The zero-order valence-electron chi connectivity index (χ0n) is 12.9. The standard InChI is InChI=1S/C15H27N3O3/c1-16-10-12-6-5-9-18(11-12)14(21)17-15(13(19)20)7-3-2-4-8-15/h12,16H,2-11H2,1H3,(H,17,21)(H,19,20). The third-order valence-electron chi connectivity index (χ3n) is 4.76. The number of carbonyl (C=O) groups is 2. The minimum atomic E-state index is -1.05. The minimum absolute atomic E-state index is 0.208. The summed E-state index contributed by atoms with van der Waals surface area (Å²) in [5.41, 5.74) is -1.05. The predicted octanol–water partition coefficient (Wildman–Crippen LogP) is 1.41. The highest BCUT2D eigenvalue weighted by Crippen LogP contribution is 2.29. The maximum Gasteiger partial charge on any atom is 0.329 e. The molecule has 0 aromatic carbocycles. The van der Waals surface area contributed by atoms with Crippen LogP contribution >= 0.6 is 0 Å². The first kappa shape index (κ1) is 16.1. The lowest BCUT2D eigenvalue weighted by atomic mass is 9.82. The van der Waals surface area contributed by atoms with E-state index in [1.807, 2.05) is 7.05 Å². The quantitative estimate of drug-likeness (QED) is 0.733. The van der Waals surface area contributed by atoms with Gasteiger partial charge in [-0.3, -0.25) is 0 Å². The Morgan fingerprint density at radius 2 is 1.95 bits per heavy atom. The SMILES string of the molecule is CNCC1CCCN(C(=O)NC2(C(=O)O)CCCCC2)C1. The number of aliphatic carboxylic acids is 1.